The number of hydrogen-bond donors (Lipinski definition) is 0. The van der Waals surface area contributed by atoms with Crippen molar-refractivity contribution in [2.45, 2.75) is 25.7 Å². The van der Waals surface area contributed by atoms with Crippen LogP contribution >= 0.6 is 0 Å². The maximum atomic E-state index is 4.14. The van der Waals surface area contributed by atoms with Crippen LogP contribution in [0, 0.1) is 0 Å². The first-order chi connectivity index (χ1) is 15.7. The van der Waals surface area contributed by atoms with Crippen LogP contribution in [0.4, 0.5) is 0 Å². The van der Waals surface area contributed by atoms with E-state index in [1.54, 1.807) is 0 Å². The highest BCUT2D eigenvalue weighted by Gasteiger charge is 2.25. The summed E-state index contributed by atoms with van der Waals surface area (Å²) in [5.74, 6) is 0. The SMILES string of the molecule is C=C/C(=C\C)c1c2ccccc2c(-c2ccccc2)c2ccc(C3(C)C=CC=CC3)cc12. The van der Waals surface area contributed by atoms with Gasteiger partial charge in [0.05, 0.1) is 0 Å². The standard InChI is InChI=1S/C32H28/c1-4-23(5-2)30-26-16-10-11-17-27(26)31(24-14-8-6-9-15-24)28-19-18-25(22-29(28)30)32(3)20-12-7-13-21-32/h4-20,22H,1,21H2,2-3H3/b23-5+. The van der Waals surface area contributed by atoms with Gasteiger partial charge in [-0.2, -0.15) is 0 Å². The summed E-state index contributed by atoms with van der Waals surface area (Å²) in [6, 6.07) is 26.6. The molecule has 5 rings (SSSR count). The Morgan fingerprint density at radius 1 is 0.844 bits per heavy atom. The normalized spacial score (nSPS) is 18.4. The average Bonchev–Trinajstić information content (AvgIpc) is 2.85. The molecule has 0 saturated heterocycles. The van der Waals surface area contributed by atoms with Gasteiger partial charge in [0.2, 0.25) is 0 Å². The van der Waals surface area contributed by atoms with Gasteiger partial charge >= 0.3 is 0 Å². The van der Waals surface area contributed by atoms with Gasteiger partial charge in [-0.1, -0.05) is 117 Å². The van der Waals surface area contributed by atoms with Crippen molar-refractivity contribution in [2.24, 2.45) is 0 Å². The number of benzene rings is 4. The monoisotopic (exact) mass is 412 g/mol. The molecule has 4 aromatic rings. The molecule has 156 valence electrons. The Morgan fingerprint density at radius 3 is 2.25 bits per heavy atom. The summed E-state index contributed by atoms with van der Waals surface area (Å²) in [6.45, 7) is 8.57. The zero-order chi connectivity index (χ0) is 22.1. The van der Waals surface area contributed by atoms with E-state index in [1.165, 1.54) is 49.4 Å². The summed E-state index contributed by atoms with van der Waals surface area (Å²) in [7, 11) is 0. The fraction of sp³-hybridized carbons (Fsp3) is 0.125. The summed E-state index contributed by atoms with van der Waals surface area (Å²) < 4.78 is 0. The number of allylic oxidation sites excluding steroid dienone is 7. The second-order valence-electron chi connectivity index (χ2n) is 8.78. The Bertz CT molecular complexity index is 1410. The van der Waals surface area contributed by atoms with Crippen LogP contribution in [-0.4, -0.2) is 0 Å². The first-order valence-corrected chi connectivity index (χ1v) is 11.3. The van der Waals surface area contributed by atoms with Gasteiger partial charge in [0.1, 0.15) is 0 Å². The summed E-state index contributed by atoms with van der Waals surface area (Å²) >= 11 is 0. The van der Waals surface area contributed by atoms with Crippen LogP contribution in [0.5, 0.6) is 0 Å². The van der Waals surface area contributed by atoms with Gasteiger partial charge in [0.25, 0.3) is 0 Å². The molecule has 0 heterocycles. The van der Waals surface area contributed by atoms with Crippen molar-refractivity contribution in [2.75, 3.05) is 0 Å². The Labute approximate surface area is 190 Å². The summed E-state index contributed by atoms with van der Waals surface area (Å²) in [5.41, 5.74) is 6.35. The molecule has 1 aliphatic rings. The molecule has 0 spiro atoms. The highest BCUT2D eigenvalue weighted by molar-refractivity contribution is 6.19. The van der Waals surface area contributed by atoms with Crippen LogP contribution in [0.15, 0.2) is 116 Å². The van der Waals surface area contributed by atoms with E-state index >= 15 is 0 Å². The molecule has 0 bridgehead atoms. The first kappa shape index (κ1) is 20.3. The topological polar surface area (TPSA) is 0 Å². The van der Waals surface area contributed by atoms with Crippen LogP contribution in [0.25, 0.3) is 38.2 Å². The minimum Gasteiger partial charge on any atom is -0.0985 e. The van der Waals surface area contributed by atoms with Gasteiger partial charge < -0.3 is 0 Å². The molecule has 0 aromatic heterocycles. The van der Waals surface area contributed by atoms with E-state index in [4.69, 9.17) is 0 Å². The second-order valence-corrected chi connectivity index (χ2v) is 8.78. The zero-order valence-electron chi connectivity index (χ0n) is 18.8. The quantitative estimate of drug-likeness (QED) is 0.232. The van der Waals surface area contributed by atoms with Gasteiger partial charge in [-0.05, 0) is 68.8 Å². The predicted molar refractivity (Wildman–Crippen MR) is 141 cm³/mol. The van der Waals surface area contributed by atoms with Crippen LogP contribution < -0.4 is 0 Å². The number of hydrogen-bond acceptors (Lipinski definition) is 0. The molecular weight excluding hydrogens is 384 g/mol. The third kappa shape index (κ3) is 3.24. The van der Waals surface area contributed by atoms with Crippen molar-refractivity contribution in [1.82, 2.24) is 0 Å². The minimum atomic E-state index is 0.00301. The lowest BCUT2D eigenvalue weighted by molar-refractivity contribution is 0.600. The maximum Gasteiger partial charge on any atom is 0.0141 e. The smallest absolute Gasteiger partial charge is 0.0141 e. The van der Waals surface area contributed by atoms with Crippen LogP contribution in [0.3, 0.4) is 0 Å². The highest BCUT2D eigenvalue weighted by atomic mass is 14.3. The highest BCUT2D eigenvalue weighted by Crippen LogP contribution is 2.44. The molecule has 0 nitrogen and oxygen atoms in total. The van der Waals surface area contributed by atoms with Crippen LogP contribution in [-0.2, 0) is 5.41 Å². The zero-order valence-corrected chi connectivity index (χ0v) is 18.8. The number of fused-ring (bicyclic) bond motifs is 2. The number of rotatable bonds is 4. The molecule has 1 atom stereocenters. The van der Waals surface area contributed by atoms with Crippen molar-refractivity contribution in [3.8, 4) is 11.1 Å². The maximum absolute atomic E-state index is 4.14. The molecule has 1 aliphatic carbocycles. The molecule has 0 heteroatoms. The summed E-state index contributed by atoms with van der Waals surface area (Å²) in [6.07, 6.45) is 14.1. The van der Waals surface area contributed by atoms with Gasteiger partial charge in [-0.15, -0.1) is 0 Å². The average molecular weight is 413 g/mol. The van der Waals surface area contributed by atoms with Crippen LogP contribution in [0.2, 0.25) is 0 Å². The van der Waals surface area contributed by atoms with Gasteiger partial charge in [0.15, 0.2) is 0 Å². The Hall–Kier alpha value is -3.64. The molecular formula is C32H28. The van der Waals surface area contributed by atoms with E-state index in [1.807, 2.05) is 6.08 Å². The lowest BCUT2D eigenvalue weighted by Gasteiger charge is -2.28. The van der Waals surface area contributed by atoms with E-state index in [0.717, 1.165) is 6.42 Å². The molecule has 0 saturated carbocycles. The van der Waals surface area contributed by atoms with Crippen molar-refractivity contribution in [3.05, 3.63) is 127 Å². The van der Waals surface area contributed by atoms with Crippen molar-refractivity contribution < 1.29 is 0 Å². The summed E-state index contributed by atoms with van der Waals surface area (Å²) in [5, 5.41) is 5.13. The Kier molecular flexibility index (Phi) is 5.15. The summed E-state index contributed by atoms with van der Waals surface area (Å²) in [4.78, 5) is 0. The van der Waals surface area contributed by atoms with E-state index in [-0.39, 0.29) is 5.41 Å². The van der Waals surface area contributed by atoms with E-state index in [0.29, 0.717) is 0 Å². The molecule has 0 fully saturated rings. The van der Waals surface area contributed by atoms with Crippen LogP contribution in [0.1, 0.15) is 31.4 Å². The van der Waals surface area contributed by atoms with Crippen molar-refractivity contribution >= 4 is 27.1 Å². The Morgan fingerprint density at radius 2 is 1.56 bits per heavy atom. The van der Waals surface area contributed by atoms with Gasteiger partial charge in [-0.25, -0.2) is 0 Å². The second kappa shape index (κ2) is 8.13. The van der Waals surface area contributed by atoms with E-state index in [2.05, 4.69) is 124 Å². The molecule has 0 N–H and O–H groups in total. The fourth-order valence-electron chi connectivity index (χ4n) is 5.07. The van der Waals surface area contributed by atoms with Crippen molar-refractivity contribution in [1.29, 1.82) is 0 Å². The minimum absolute atomic E-state index is 0.00301. The third-order valence-corrected chi connectivity index (χ3v) is 6.82. The van der Waals surface area contributed by atoms with Gasteiger partial charge in [-0.3, -0.25) is 0 Å². The molecule has 0 radical (unpaired) electrons. The lowest BCUT2D eigenvalue weighted by atomic mass is 9.75. The van der Waals surface area contributed by atoms with E-state index < -0.39 is 0 Å². The fourth-order valence-corrected chi connectivity index (χ4v) is 5.07. The first-order valence-electron chi connectivity index (χ1n) is 11.3. The lowest BCUT2D eigenvalue weighted by Crippen LogP contribution is -2.19. The third-order valence-electron chi connectivity index (χ3n) is 6.82. The predicted octanol–water partition coefficient (Wildman–Crippen LogP) is 9.02. The molecule has 0 amide bonds. The Balaban J connectivity index is 1.95. The molecule has 0 aliphatic heterocycles. The molecule has 1 unspecified atom stereocenters. The largest absolute Gasteiger partial charge is 0.0985 e. The van der Waals surface area contributed by atoms with Gasteiger partial charge in [0, 0.05) is 5.41 Å². The van der Waals surface area contributed by atoms with E-state index in [9.17, 15) is 0 Å². The molecule has 4 aromatic carbocycles. The molecule has 32 heavy (non-hydrogen) atoms. The van der Waals surface area contributed by atoms with Crippen molar-refractivity contribution in [3.63, 3.8) is 0 Å².